The fraction of sp³-hybridized carbons (Fsp3) is 0.571. The summed E-state index contributed by atoms with van der Waals surface area (Å²) in [5.74, 6) is -1.12. The summed E-state index contributed by atoms with van der Waals surface area (Å²) in [6.45, 7) is 0. The lowest BCUT2D eigenvalue weighted by molar-refractivity contribution is -0.0111. The minimum Gasteiger partial charge on any atom is -0.379 e. The fourth-order valence-electron chi connectivity index (χ4n) is 2.80. The van der Waals surface area contributed by atoms with Gasteiger partial charge in [-0.05, 0) is 36.4 Å². The third kappa shape index (κ3) is 2.36. The van der Waals surface area contributed by atoms with Crippen LogP contribution in [0.2, 0.25) is 0 Å². The molecule has 0 unspecified atom stereocenters. The summed E-state index contributed by atoms with van der Waals surface area (Å²) in [5.41, 5.74) is 2.06. The number of alkyl halides is 2. The number of hydrogen-bond acceptors (Lipinski definition) is 5. The first-order chi connectivity index (χ1) is 10.1. The Labute approximate surface area is 129 Å². The van der Waals surface area contributed by atoms with Crippen LogP contribution in [0.25, 0.3) is 10.6 Å². The van der Waals surface area contributed by atoms with Gasteiger partial charge in [0.15, 0.2) is 0 Å². The van der Waals surface area contributed by atoms with E-state index < -0.39 is 5.92 Å². The molecule has 3 nitrogen and oxygen atoms in total. The van der Waals surface area contributed by atoms with Crippen molar-refractivity contribution in [2.45, 2.75) is 43.9 Å². The largest absolute Gasteiger partial charge is 0.379 e. The molecule has 0 atom stereocenters. The average molecular weight is 327 g/mol. The van der Waals surface area contributed by atoms with Crippen LogP contribution in [-0.2, 0) is 12.8 Å². The van der Waals surface area contributed by atoms with Crippen LogP contribution in [-0.4, -0.2) is 22.3 Å². The predicted molar refractivity (Wildman–Crippen MR) is 81.7 cm³/mol. The highest BCUT2D eigenvalue weighted by Gasteiger charge is 2.38. The second-order valence-electron chi connectivity index (χ2n) is 5.72. The van der Waals surface area contributed by atoms with Gasteiger partial charge >= 0.3 is 0 Å². The molecule has 0 radical (unpaired) electrons. The van der Waals surface area contributed by atoms with Crippen molar-refractivity contribution in [3.8, 4) is 10.6 Å². The molecule has 1 N–H and O–H groups in total. The standard InChI is InChI=1S/C14H15F2N3S2/c1-17-12-10(13-18-11(19-21-13)7-2-3-7)8-4-5-14(15,16)6-9(8)20-12/h7,17H,2-6H2,1H3. The van der Waals surface area contributed by atoms with E-state index in [1.807, 2.05) is 7.05 Å². The van der Waals surface area contributed by atoms with Crippen LogP contribution in [0.1, 0.15) is 41.4 Å². The number of nitrogens with one attached hydrogen (secondary N) is 1. The van der Waals surface area contributed by atoms with E-state index in [2.05, 4.69) is 14.7 Å². The first kappa shape index (κ1) is 13.6. The summed E-state index contributed by atoms with van der Waals surface area (Å²) in [6.07, 6.45) is 2.55. The molecule has 21 heavy (non-hydrogen) atoms. The van der Waals surface area contributed by atoms with Gasteiger partial charge < -0.3 is 5.32 Å². The van der Waals surface area contributed by atoms with E-state index >= 15 is 0 Å². The Morgan fingerprint density at radius 1 is 1.33 bits per heavy atom. The summed E-state index contributed by atoms with van der Waals surface area (Å²) in [7, 11) is 1.84. The van der Waals surface area contributed by atoms with E-state index in [1.54, 1.807) is 0 Å². The van der Waals surface area contributed by atoms with Crippen molar-refractivity contribution in [2.24, 2.45) is 0 Å². The second-order valence-corrected chi connectivity index (χ2v) is 7.58. The number of rotatable bonds is 3. The molecule has 1 fully saturated rings. The maximum atomic E-state index is 13.6. The predicted octanol–water partition coefficient (Wildman–Crippen LogP) is 4.31. The monoisotopic (exact) mass is 327 g/mol. The van der Waals surface area contributed by atoms with E-state index in [-0.39, 0.29) is 12.8 Å². The number of aromatic nitrogens is 2. The SMILES string of the molecule is CNc1sc2c(c1-c1nc(C3CC3)ns1)CCC(F)(F)C2. The van der Waals surface area contributed by atoms with E-state index in [4.69, 9.17) is 0 Å². The smallest absolute Gasteiger partial charge is 0.253 e. The molecule has 112 valence electrons. The Hall–Kier alpha value is -1.08. The quantitative estimate of drug-likeness (QED) is 0.913. The van der Waals surface area contributed by atoms with Gasteiger partial charge in [0, 0.05) is 36.2 Å². The van der Waals surface area contributed by atoms with Crippen LogP contribution in [0.3, 0.4) is 0 Å². The van der Waals surface area contributed by atoms with Gasteiger partial charge in [0.05, 0.1) is 5.00 Å². The summed E-state index contributed by atoms with van der Waals surface area (Å²) >= 11 is 2.84. The highest BCUT2D eigenvalue weighted by Crippen LogP contribution is 2.48. The third-order valence-electron chi connectivity index (χ3n) is 4.08. The molecule has 0 aromatic carbocycles. The van der Waals surface area contributed by atoms with Gasteiger partial charge in [-0.1, -0.05) is 0 Å². The Kier molecular flexibility index (Phi) is 3.04. The second kappa shape index (κ2) is 4.71. The van der Waals surface area contributed by atoms with E-state index in [9.17, 15) is 8.78 Å². The molecular weight excluding hydrogens is 312 g/mol. The molecule has 2 aliphatic rings. The highest BCUT2D eigenvalue weighted by molar-refractivity contribution is 7.17. The maximum Gasteiger partial charge on any atom is 0.253 e. The van der Waals surface area contributed by atoms with Gasteiger partial charge in [-0.15, -0.1) is 11.3 Å². The topological polar surface area (TPSA) is 37.8 Å². The Balaban J connectivity index is 1.78. The van der Waals surface area contributed by atoms with Crippen LogP contribution in [0, 0.1) is 0 Å². The Morgan fingerprint density at radius 3 is 2.86 bits per heavy atom. The first-order valence-corrected chi connectivity index (χ1v) is 8.70. The first-order valence-electron chi connectivity index (χ1n) is 7.11. The van der Waals surface area contributed by atoms with Gasteiger partial charge in [-0.25, -0.2) is 13.8 Å². The van der Waals surface area contributed by atoms with Gasteiger partial charge in [0.25, 0.3) is 5.92 Å². The summed E-state index contributed by atoms with van der Waals surface area (Å²) in [4.78, 5) is 5.45. The maximum absolute atomic E-state index is 13.6. The third-order valence-corrected chi connectivity index (χ3v) is 6.07. The number of anilines is 1. The molecule has 2 aromatic rings. The highest BCUT2D eigenvalue weighted by atomic mass is 32.1. The van der Waals surface area contributed by atoms with Gasteiger partial charge in [0.1, 0.15) is 10.8 Å². The lowest BCUT2D eigenvalue weighted by atomic mass is 9.93. The molecule has 4 rings (SSSR count). The zero-order valence-corrected chi connectivity index (χ0v) is 13.2. The Morgan fingerprint density at radius 2 is 2.14 bits per heavy atom. The molecule has 0 bridgehead atoms. The molecule has 0 spiro atoms. The van der Waals surface area contributed by atoms with Crippen molar-refractivity contribution >= 4 is 27.9 Å². The van der Waals surface area contributed by atoms with Crippen molar-refractivity contribution in [1.82, 2.24) is 9.36 Å². The van der Waals surface area contributed by atoms with Crippen LogP contribution in [0.4, 0.5) is 13.8 Å². The van der Waals surface area contributed by atoms with Crippen molar-refractivity contribution in [1.29, 1.82) is 0 Å². The fourth-order valence-corrected chi connectivity index (χ4v) is 4.96. The van der Waals surface area contributed by atoms with Crippen molar-refractivity contribution in [3.63, 3.8) is 0 Å². The molecule has 2 heterocycles. The van der Waals surface area contributed by atoms with Crippen molar-refractivity contribution < 1.29 is 8.78 Å². The molecule has 0 aliphatic heterocycles. The number of nitrogens with zero attached hydrogens (tertiary/aromatic N) is 2. The van der Waals surface area contributed by atoms with Gasteiger partial charge in [0.2, 0.25) is 0 Å². The molecule has 1 saturated carbocycles. The average Bonchev–Trinajstić information content (AvgIpc) is 3.07. The molecule has 0 saturated heterocycles. The summed E-state index contributed by atoms with van der Waals surface area (Å²) in [5, 5.41) is 4.96. The number of thiophene rings is 1. The van der Waals surface area contributed by atoms with E-state index in [1.165, 1.54) is 35.7 Å². The van der Waals surface area contributed by atoms with Crippen molar-refractivity contribution in [2.75, 3.05) is 12.4 Å². The lowest BCUT2D eigenvalue weighted by Gasteiger charge is -2.21. The molecule has 2 aliphatic carbocycles. The number of halogens is 2. The minimum absolute atomic E-state index is 0.0683. The Bertz CT molecular complexity index is 688. The molecule has 2 aromatic heterocycles. The van der Waals surface area contributed by atoms with Crippen LogP contribution < -0.4 is 5.32 Å². The van der Waals surface area contributed by atoms with Crippen molar-refractivity contribution in [3.05, 3.63) is 16.3 Å². The van der Waals surface area contributed by atoms with Crippen LogP contribution in [0.5, 0.6) is 0 Å². The van der Waals surface area contributed by atoms with Gasteiger partial charge in [-0.2, -0.15) is 4.37 Å². The van der Waals surface area contributed by atoms with Gasteiger partial charge in [-0.3, -0.25) is 0 Å². The molecular formula is C14H15F2N3S2. The zero-order chi connectivity index (χ0) is 14.6. The minimum atomic E-state index is -2.57. The van der Waals surface area contributed by atoms with E-state index in [0.717, 1.165) is 31.8 Å². The normalized spacial score (nSPS) is 20.3. The number of fused-ring (bicyclic) bond motifs is 1. The van der Waals surface area contributed by atoms with Crippen LogP contribution in [0.15, 0.2) is 0 Å². The lowest BCUT2D eigenvalue weighted by Crippen LogP contribution is -2.24. The van der Waals surface area contributed by atoms with Crippen LogP contribution >= 0.6 is 22.9 Å². The summed E-state index contributed by atoms with van der Waals surface area (Å²) in [6, 6.07) is 0. The molecule has 0 amide bonds. The van der Waals surface area contributed by atoms with E-state index in [0.29, 0.717) is 12.3 Å². The zero-order valence-electron chi connectivity index (χ0n) is 11.6. The number of hydrogen-bond donors (Lipinski definition) is 1. The summed E-state index contributed by atoms with van der Waals surface area (Å²) < 4.78 is 31.7. The molecule has 7 heteroatoms.